The van der Waals surface area contributed by atoms with Crippen LogP contribution in [-0.2, 0) is 28.9 Å². The van der Waals surface area contributed by atoms with Crippen molar-refractivity contribution in [2.24, 2.45) is 23.0 Å². The van der Waals surface area contributed by atoms with Crippen molar-refractivity contribution in [2.45, 2.75) is 147 Å². The van der Waals surface area contributed by atoms with Crippen LogP contribution in [0.2, 0.25) is 0 Å². The molecule has 2 aliphatic heterocycles. The van der Waals surface area contributed by atoms with E-state index in [-0.39, 0.29) is 31.3 Å². The Balaban J connectivity index is 1.40. The summed E-state index contributed by atoms with van der Waals surface area (Å²) in [5.74, 6) is -1.52. The zero-order chi connectivity index (χ0) is 47.3. The SMILES string of the molecule is C=C(C=CC=C(CO)C1CCC2(C3CCC(O)Cc4cccc(c4)CCC(O)CNC4C(=O)NC(N)c5cccc(c54)CC(=O)C(C)=C3CCC2(C)O)C1O)C(O)(CC=C(C)C)NCC. The number of amides is 1. The van der Waals surface area contributed by atoms with Crippen molar-refractivity contribution in [3.63, 3.8) is 0 Å². The normalized spacial score (nSPS) is 31.5. The predicted octanol–water partition coefficient (Wildman–Crippen LogP) is 5.13. The lowest BCUT2D eigenvalue weighted by Gasteiger charge is -2.56. The van der Waals surface area contributed by atoms with Crippen molar-refractivity contribution in [1.29, 1.82) is 0 Å². The molecule has 11 N–H and O–H groups in total. The van der Waals surface area contributed by atoms with Crippen LogP contribution in [0.15, 0.2) is 101 Å². The molecule has 2 aromatic carbocycles. The summed E-state index contributed by atoms with van der Waals surface area (Å²) >= 11 is 0. The lowest BCUT2D eigenvalue weighted by atomic mass is 9.52. The van der Waals surface area contributed by atoms with E-state index >= 15 is 0 Å². The molecule has 2 aromatic rings. The summed E-state index contributed by atoms with van der Waals surface area (Å²) in [6.07, 6.45) is 7.74. The fraction of sp³-hybridized carbons (Fsp3) is 0.547. The van der Waals surface area contributed by atoms with E-state index < -0.39 is 59.1 Å². The number of carbonyl (C=O) groups excluding carboxylic acids is 2. The smallest absolute Gasteiger partial charge is 0.243 e. The molecule has 354 valence electrons. The molecule has 1 amide bonds. The molecule has 0 aromatic heterocycles. The summed E-state index contributed by atoms with van der Waals surface area (Å²) in [6, 6.07) is 12.6. The molecule has 2 fully saturated rings. The number of ketones is 1. The van der Waals surface area contributed by atoms with Crippen LogP contribution in [0.5, 0.6) is 0 Å². The zero-order valence-corrected chi connectivity index (χ0v) is 39.1. The third-order valence-electron chi connectivity index (χ3n) is 15.0. The highest BCUT2D eigenvalue weighted by Gasteiger charge is 2.64. The van der Waals surface area contributed by atoms with Gasteiger partial charge in [-0.2, -0.15) is 0 Å². The van der Waals surface area contributed by atoms with E-state index in [2.05, 4.69) is 22.5 Å². The van der Waals surface area contributed by atoms with Crippen molar-refractivity contribution in [3.05, 3.63) is 129 Å². The Morgan fingerprint density at radius 2 is 1.75 bits per heavy atom. The van der Waals surface area contributed by atoms with Crippen molar-refractivity contribution in [3.8, 4) is 0 Å². The average Bonchev–Trinajstić information content (AvgIpc) is 3.60. The number of likely N-dealkylation sites (N-methyl/N-ethyl adjacent to an activating group) is 1. The van der Waals surface area contributed by atoms with Gasteiger partial charge in [-0.1, -0.05) is 91.4 Å². The molecular formula is C53H74N4O8. The van der Waals surface area contributed by atoms with Crippen LogP contribution < -0.4 is 21.7 Å². The number of aryl methyl sites for hydroxylation is 1. The minimum absolute atomic E-state index is 0.0237. The van der Waals surface area contributed by atoms with Gasteiger partial charge in [0.2, 0.25) is 5.91 Å². The first kappa shape index (κ1) is 50.3. The maximum Gasteiger partial charge on any atom is 0.243 e. The molecule has 65 heavy (non-hydrogen) atoms. The number of benzene rings is 2. The number of Topliss-reactive ketones (excluding diaryl/α,β-unsaturated/α-hetero) is 1. The highest BCUT2D eigenvalue weighted by Crippen LogP contribution is 2.63. The molecule has 12 heteroatoms. The monoisotopic (exact) mass is 895 g/mol. The van der Waals surface area contributed by atoms with Gasteiger partial charge in [0.15, 0.2) is 5.78 Å². The first-order valence-corrected chi connectivity index (χ1v) is 23.6. The van der Waals surface area contributed by atoms with E-state index in [1.165, 1.54) is 0 Å². The third kappa shape index (κ3) is 10.9. The van der Waals surface area contributed by atoms with Gasteiger partial charge < -0.3 is 41.7 Å². The third-order valence-corrected chi connectivity index (χ3v) is 15.0. The number of rotatable bonds is 9. The molecule has 2 aliphatic carbocycles. The van der Waals surface area contributed by atoms with Crippen molar-refractivity contribution < 1.29 is 40.2 Å². The first-order chi connectivity index (χ1) is 30.8. The lowest BCUT2D eigenvalue weighted by molar-refractivity contribution is -0.168. The molecule has 2 heterocycles. The Hall–Kier alpha value is -4.08. The minimum Gasteiger partial charge on any atom is -0.393 e. The molecule has 12 nitrogen and oxygen atoms in total. The number of aliphatic hydroxyl groups excluding tert-OH is 4. The van der Waals surface area contributed by atoms with E-state index in [0.717, 1.165) is 22.3 Å². The van der Waals surface area contributed by atoms with Gasteiger partial charge in [-0.25, -0.2) is 0 Å². The molecule has 10 atom stereocenters. The Morgan fingerprint density at radius 3 is 2.48 bits per heavy atom. The van der Waals surface area contributed by atoms with E-state index in [9.17, 15) is 40.2 Å². The molecule has 0 saturated heterocycles. The van der Waals surface area contributed by atoms with Gasteiger partial charge in [0, 0.05) is 30.7 Å². The standard InChI is InChI=1S/C53H74N4O8/c1-7-56-53(65,26-21-32(2)3)33(4)11-8-15-38(31-58)42-23-25-52(48(42)62)44-20-19-39(59)28-36-13-9-12-35(27-36)17-18-40(60)30-55-47-46-37(14-10-16-43(46)49(54)57-50(47)63)29-45(61)34(5)41(44)22-24-51(52,6)64/h8-16,21,27,39-40,42,44,47-49,55-56,58-60,62,64-65H,4,7,17-20,22-26,28-31,54H2,1-3,5-6H3,(H,57,63). The maximum absolute atomic E-state index is 14.7. The summed E-state index contributed by atoms with van der Waals surface area (Å²) in [6.45, 7) is 13.9. The van der Waals surface area contributed by atoms with Gasteiger partial charge in [-0.15, -0.1) is 0 Å². The Bertz CT molecular complexity index is 2190. The van der Waals surface area contributed by atoms with Crippen LogP contribution in [0.1, 0.15) is 126 Å². The number of carbonyl (C=O) groups is 2. The topological polar surface area (TPSA) is 218 Å². The minimum atomic E-state index is -1.37. The number of nitrogens with one attached hydrogen (secondary N) is 3. The van der Waals surface area contributed by atoms with Gasteiger partial charge in [-0.3, -0.25) is 20.2 Å². The van der Waals surface area contributed by atoms with E-state index in [1.807, 2.05) is 76.2 Å². The number of aliphatic hydroxyl groups is 6. The lowest BCUT2D eigenvalue weighted by Crippen LogP contribution is -2.59. The number of hydrogen-bond donors (Lipinski definition) is 10. The summed E-state index contributed by atoms with van der Waals surface area (Å²) < 4.78 is 0. The summed E-state index contributed by atoms with van der Waals surface area (Å²) in [5, 5.41) is 79.6. The highest BCUT2D eigenvalue weighted by atomic mass is 16.3. The number of hydrogen-bond acceptors (Lipinski definition) is 11. The number of fused-ring (bicyclic) bond motifs is 4. The predicted molar refractivity (Wildman–Crippen MR) is 254 cm³/mol. The zero-order valence-electron chi connectivity index (χ0n) is 39.1. The van der Waals surface area contributed by atoms with Crippen LogP contribution in [0.4, 0.5) is 0 Å². The maximum atomic E-state index is 14.7. The number of nitrogens with two attached hydrogens (primary N) is 1. The van der Waals surface area contributed by atoms with E-state index in [1.54, 1.807) is 25.2 Å². The van der Waals surface area contributed by atoms with Gasteiger partial charge in [0.05, 0.1) is 30.5 Å². The summed E-state index contributed by atoms with van der Waals surface area (Å²) in [4.78, 5) is 28.3. The molecule has 1 spiro atoms. The number of allylic oxidation sites excluding steroid dienone is 5. The number of β-amino-alcohol motifs (C(OH)–C–C–N with tert-alkyl or cyclic N) is 1. The average molecular weight is 895 g/mol. The van der Waals surface area contributed by atoms with E-state index in [4.69, 9.17) is 5.73 Å². The largest absolute Gasteiger partial charge is 0.393 e. The van der Waals surface area contributed by atoms with Crippen LogP contribution in [0.25, 0.3) is 0 Å². The molecule has 2 bridgehead atoms. The summed E-state index contributed by atoms with van der Waals surface area (Å²) in [7, 11) is 0. The van der Waals surface area contributed by atoms with Crippen LogP contribution >= 0.6 is 0 Å². The van der Waals surface area contributed by atoms with Crippen molar-refractivity contribution >= 4 is 11.7 Å². The second kappa shape index (κ2) is 21.3. The fourth-order valence-electron chi connectivity index (χ4n) is 11.3. The van der Waals surface area contributed by atoms with Gasteiger partial charge in [0.1, 0.15) is 17.9 Å². The van der Waals surface area contributed by atoms with Gasteiger partial charge in [-0.05, 0) is 142 Å². The molecule has 0 radical (unpaired) electrons. The Labute approximate surface area is 385 Å². The second-order valence-electron chi connectivity index (χ2n) is 19.6. The Kier molecular flexibility index (Phi) is 16.5. The molecular weight excluding hydrogens is 821 g/mol. The fourth-order valence-corrected chi connectivity index (χ4v) is 11.3. The van der Waals surface area contributed by atoms with Gasteiger partial charge >= 0.3 is 0 Å². The quantitative estimate of drug-likeness (QED) is 0.0905. The van der Waals surface area contributed by atoms with Crippen LogP contribution in [-0.4, -0.2) is 91.7 Å². The second-order valence-corrected chi connectivity index (χ2v) is 19.6. The van der Waals surface area contributed by atoms with Crippen molar-refractivity contribution in [1.82, 2.24) is 16.0 Å². The van der Waals surface area contributed by atoms with E-state index in [0.29, 0.717) is 104 Å². The van der Waals surface area contributed by atoms with Gasteiger partial charge in [0.25, 0.3) is 0 Å². The molecule has 4 aliphatic rings. The molecule has 6 rings (SSSR count). The van der Waals surface area contributed by atoms with Crippen LogP contribution in [0, 0.1) is 17.3 Å². The molecule has 10 unspecified atom stereocenters. The molecule has 2 saturated carbocycles. The summed E-state index contributed by atoms with van der Waals surface area (Å²) in [5.41, 5.74) is 9.95. The first-order valence-electron chi connectivity index (χ1n) is 23.6. The van der Waals surface area contributed by atoms with Crippen LogP contribution in [0.3, 0.4) is 0 Å². The Morgan fingerprint density at radius 1 is 1.02 bits per heavy atom. The van der Waals surface area contributed by atoms with Crippen molar-refractivity contribution in [2.75, 3.05) is 19.7 Å². The highest BCUT2D eigenvalue weighted by molar-refractivity contribution is 5.98.